The molecule has 0 radical (unpaired) electrons. The third-order valence-electron chi connectivity index (χ3n) is 3.49. The number of rotatable bonds is 4. The van der Waals surface area contributed by atoms with Gasteiger partial charge in [0.05, 0.1) is 12.4 Å². The molecule has 0 unspecified atom stereocenters. The van der Waals surface area contributed by atoms with Crippen molar-refractivity contribution in [3.63, 3.8) is 0 Å². The highest BCUT2D eigenvalue weighted by molar-refractivity contribution is 5.83. The van der Waals surface area contributed by atoms with Crippen LogP contribution in [0.3, 0.4) is 0 Å². The van der Waals surface area contributed by atoms with Crippen molar-refractivity contribution in [3.8, 4) is 6.07 Å². The highest BCUT2D eigenvalue weighted by Crippen LogP contribution is 2.21. The van der Waals surface area contributed by atoms with E-state index in [1.807, 2.05) is 24.4 Å². The summed E-state index contributed by atoms with van der Waals surface area (Å²) >= 11 is 0. The summed E-state index contributed by atoms with van der Waals surface area (Å²) in [5.74, 6) is 0.779. The first-order valence-corrected chi connectivity index (χ1v) is 6.84. The predicted molar refractivity (Wildman–Crippen MR) is 81.8 cm³/mol. The van der Waals surface area contributed by atoms with Gasteiger partial charge in [-0.15, -0.1) is 0 Å². The van der Waals surface area contributed by atoms with Crippen molar-refractivity contribution in [1.82, 2.24) is 15.0 Å². The van der Waals surface area contributed by atoms with Crippen LogP contribution in [0.4, 0.5) is 5.82 Å². The average Bonchev–Trinajstić information content (AvgIpc) is 2.96. The van der Waals surface area contributed by atoms with Crippen LogP contribution in [-0.2, 0) is 6.54 Å². The Bertz CT molecular complexity index is 782. The summed E-state index contributed by atoms with van der Waals surface area (Å²) in [5.41, 5.74) is 2.69. The van der Waals surface area contributed by atoms with Crippen molar-refractivity contribution in [1.29, 1.82) is 5.26 Å². The fraction of sp³-hybridized carbons (Fsp3) is 0.188. The maximum atomic E-state index is 8.78. The molecule has 2 aromatic heterocycles. The van der Waals surface area contributed by atoms with Crippen LogP contribution in [0.1, 0.15) is 18.2 Å². The van der Waals surface area contributed by atoms with Gasteiger partial charge in [0.15, 0.2) is 5.69 Å². The Morgan fingerprint density at radius 3 is 2.81 bits per heavy atom. The van der Waals surface area contributed by atoms with E-state index in [-0.39, 0.29) is 0 Å². The van der Waals surface area contributed by atoms with Gasteiger partial charge < -0.3 is 9.88 Å². The molecule has 0 aliphatic rings. The minimum absolute atomic E-state index is 0.335. The molecule has 0 saturated carbocycles. The maximum Gasteiger partial charge on any atom is 0.158 e. The number of fused-ring (bicyclic) bond motifs is 1. The van der Waals surface area contributed by atoms with E-state index in [2.05, 4.69) is 38.9 Å². The fourth-order valence-electron chi connectivity index (χ4n) is 2.37. The van der Waals surface area contributed by atoms with Gasteiger partial charge in [-0.1, -0.05) is 18.2 Å². The monoisotopic (exact) mass is 277 g/mol. The Hall–Kier alpha value is -2.87. The lowest BCUT2D eigenvalue weighted by atomic mass is 10.1. The van der Waals surface area contributed by atoms with Gasteiger partial charge in [0, 0.05) is 30.2 Å². The molecule has 2 heterocycles. The molecular formula is C16H15N5. The fourth-order valence-corrected chi connectivity index (χ4v) is 2.37. The second kappa shape index (κ2) is 5.63. The molecule has 3 aromatic rings. The first kappa shape index (κ1) is 13.1. The normalized spacial score (nSPS) is 10.5. The summed E-state index contributed by atoms with van der Waals surface area (Å²) < 4.78 is 0. The first-order chi connectivity index (χ1) is 10.3. The molecule has 0 bridgehead atoms. The minimum Gasteiger partial charge on any atom is -0.361 e. The first-order valence-electron chi connectivity index (χ1n) is 6.84. The molecule has 0 fully saturated rings. The Labute approximate surface area is 122 Å². The third-order valence-corrected chi connectivity index (χ3v) is 3.49. The van der Waals surface area contributed by atoms with Crippen molar-refractivity contribution >= 4 is 16.7 Å². The number of para-hydroxylation sites is 1. The van der Waals surface area contributed by atoms with Gasteiger partial charge in [0.2, 0.25) is 0 Å². The Balaban J connectivity index is 1.88. The molecular weight excluding hydrogens is 262 g/mol. The van der Waals surface area contributed by atoms with E-state index in [1.54, 1.807) is 6.20 Å². The van der Waals surface area contributed by atoms with Gasteiger partial charge in [0.25, 0.3) is 0 Å². The van der Waals surface area contributed by atoms with E-state index in [4.69, 9.17) is 5.26 Å². The number of aromatic nitrogens is 3. The minimum atomic E-state index is 0.335. The van der Waals surface area contributed by atoms with Crippen LogP contribution in [0.2, 0.25) is 0 Å². The van der Waals surface area contributed by atoms with Crippen LogP contribution in [0.25, 0.3) is 10.9 Å². The summed E-state index contributed by atoms with van der Waals surface area (Å²) in [6.45, 7) is 3.65. The van der Waals surface area contributed by atoms with Crippen molar-refractivity contribution in [2.75, 3.05) is 11.4 Å². The second-order valence-corrected chi connectivity index (χ2v) is 4.75. The molecule has 0 aliphatic carbocycles. The topological polar surface area (TPSA) is 68.6 Å². The Morgan fingerprint density at radius 2 is 2.10 bits per heavy atom. The molecule has 0 atom stereocenters. The molecule has 5 nitrogen and oxygen atoms in total. The van der Waals surface area contributed by atoms with Crippen molar-refractivity contribution < 1.29 is 0 Å². The van der Waals surface area contributed by atoms with E-state index >= 15 is 0 Å². The molecule has 1 N–H and O–H groups in total. The summed E-state index contributed by atoms with van der Waals surface area (Å²) in [6, 6.07) is 10.2. The number of benzene rings is 1. The number of nitrogens with zero attached hydrogens (tertiary/aromatic N) is 4. The summed E-state index contributed by atoms with van der Waals surface area (Å²) in [7, 11) is 0. The predicted octanol–water partition coefficient (Wildman–Crippen LogP) is 2.86. The highest BCUT2D eigenvalue weighted by Gasteiger charge is 2.10. The number of nitrogens with one attached hydrogen (secondary N) is 1. The Morgan fingerprint density at radius 1 is 1.24 bits per heavy atom. The number of nitriles is 1. The van der Waals surface area contributed by atoms with Gasteiger partial charge in [-0.05, 0) is 18.6 Å². The van der Waals surface area contributed by atoms with Crippen molar-refractivity contribution in [2.24, 2.45) is 0 Å². The van der Waals surface area contributed by atoms with Gasteiger partial charge in [-0.3, -0.25) is 0 Å². The molecule has 1 aromatic carbocycles. The van der Waals surface area contributed by atoms with Crippen LogP contribution < -0.4 is 4.90 Å². The molecule has 104 valence electrons. The van der Waals surface area contributed by atoms with Crippen LogP contribution >= 0.6 is 0 Å². The highest BCUT2D eigenvalue weighted by atomic mass is 15.2. The lowest BCUT2D eigenvalue weighted by molar-refractivity contribution is 0.812. The zero-order valence-corrected chi connectivity index (χ0v) is 11.7. The zero-order chi connectivity index (χ0) is 14.7. The van der Waals surface area contributed by atoms with Gasteiger partial charge in [-0.2, -0.15) is 5.26 Å². The molecule has 0 spiro atoms. The molecule has 0 aliphatic heterocycles. The lowest BCUT2D eigenvalue weighted by Crippen LogP contribution is -2.23. The van der Waals surface area contributed by atoms with E-state index in [0.29, 0.717) is 5.69 Å². The zero-order valence-electron chi connectivity index (χ0n) is 11.7. The number of hydrogen-bond donors (Lipinski definition) is 1. The summed E-state index contributed by atoms with van der Waals surface area (Å²) in [5, 5.41) is 10.00. The van der Waals surface area contributed by atoms with E-state index < -0.39 is 0 Å². The van der Waals surface area contributed by atoms with Crippen molar-refractivity contribution in [2.45, 2.75) is 13.5 Å². The standard InChI is InChI=1S/C16H15N5/c1-2-21(16-10-18-13(7-17)9-20-16)11-12-8-19-15-6-4-3-5-14(12)15/h3-6,8-10,19H,2,11H2,1H3. The van der Waals surface area contributed by atoms with Gasteiger partial charge in [0.1, 0.15) is 11.9 Å². The smallest absolute Gasteiger partial charge is 0.158 e. The number of H-pyrrole nitrogens is 1. The Kier molecular flexibility index (Phi) is 3.52. The third kappa shape index (κ3) is 2.56. The van der Waals surface area contributed by atoms with E-state index in [0.717, 1.165) is 24.4 Å². The van der Waals surface area contributed by atoms with Gasteiger partial charge in [-0.25, -0.2) is 9.97 Å². The van der Waals surface area contributed by atoms with Crippen LogP contribution in [0.5, 0.6) is 0 Å². The van der Waals surface area contributed by atoms with E-state index in [1.165, 1.54) is 17.1 Å². The lowest BCUT2D eigenvalue weighted by Gasteiger charge is -2.21. The van der Waals surface area contributed by atoms with Crippen LogP contribution in [0.15, 0.2) is 42.9 Å². The molecule has 0 amide bonds. The van der Waals surface area contributed by atoms with Gasteiger partial charge >= 0.3 is 0 Å². The van der Waals surface area contributed by atoms with Crippen LogP contribution in [0, 0.1) is 11.3 Å². The number of aromatic amines is 1. The van der Waals surface area contributed by atoms with E-state index in [9.17, 15) is 0 Å². The SMILES string of the molecule is CCN(Cc1c[nH]c2ccccc12)c1cnc(C#N)cn1. The largest absolute Gasteiger partial charge is 0.361 e. The maximum absolute atomic E-state index is 8.78. The molecule has 3 rings (SSSR count). The molecule has 21 heavy (non-hydrogen) atoms. The average molecular weight is 277 g/mol. The molecule has 5 heteroatoms. The molecule has 0 saturated heterocycles. The summed E-state index contributed by atoms with van der Waals surface area (Å²) in [6.07, 6.45) is 5.19. The quantitative estimate of drug-likeness (QED) is 0.796. The summed E-state index contributed by atoms with van der Waals surface area (Å²) in [4.78, 5) is 13.8. The number of hydrogen-bond acceptors (Lipinski definition) is 4. The second-order valence-electron chi connectivity index (χ2n) is 4.75. The van der Waals surface area contributed by atoms with Crippen molar-refractivity contribution in [3.05, 3.63) is 54.1 Å². The van der Waals surface area contributed by atoms with Crippen LogP contribution in [-0.4, -0.2) is 21.5 Å². The number of anilines is 1.